The standard InChI is InChI=1S/C13H18N4/c1-4-8-17-10(3)12(9(2)16-17)13-11(14)6-5-7-15-13/h5-7H,4,8,14H2,1-3H3. The van der Waals surface area contributed by atoms with Crippen molar-refractivity contribution >= 4 is 5.69 Å². The van der Waals surface area contributed by atoms with Crippen molar-refractivity contribution in [1.29, 1.82) is 0 Å². The topological polar surface area (TPSA) is 56.7 Å². The lowest BCUT2D eigenvalue weighted by Gasteiger charge is -2.05. The van der Waals surface area contributed by atoms with Crippen LogP contribution in [-0.2, 0) is 6.54 Å². The largest absolute Gasteiger partial charge is 0.397 e. The molecule has 90 valence electrons. The number of anilines is 1. The normalized spacial score (nSPS) is 10.8. The van der Waals surface area contributed by atoms with Crippen LogP contribution in [0.2, 0.25) is 0 Å². The van der Waals surface area contributed by atoms with Crippen LogP contribution in [-0.4, -0.2) is 14.8 Å². The number of hydrogen-bond acceptors (Lipinski definition) is 3. The molecule has 2 aromatic rings. The van der Waals surface area contributed by atoms with Gasteiger partial charge in [0.25, 0.3) is 0 Å². The Morgan fingerprint density at radius 1 is 1.35 bits per heavy atom. The van der Waals surface area contributed by atoms with Crippen molar-refractivity contribution in [3.63, 3.8) is 0 Å². The van der Waals surface area contributed by atoms with Gasteiger partial charge >= 0.3 is 0 Å². The van der Waals surface area contributed by atoms with E-state index in [9.17, 15) is 0 Å². The highest BCUT2D eigenvalue weighted by atomic mass is 15.3. The summed E-state index contributed by atoms with van der Waals surface area (Å²) in [6.45, 7) is 7.15. The van der Waals surface area contributed by atoms with E-state index >= 15 is 0 Å². The highest BCUT2D eigenvalue weighted by Gasteiger charge is 2.15. The third-order valence-electron chi connectivity index (χ3n) is 2.89. The number of nitrogens with zero attached hydrogens (tertiary/aromatic N) is 3. The van der Waals surface area contributed by atoms with Crippen LogP contribution in [0.1, 0.15) is 24.7 Å². The predicted octanol–water partition coefficient (Wildman–Crippen LogP) is 2.55. The minimum absolute atomic E-state index is 0.703. The van der Waals surface area contributed by atoms with Gasteiger partial charge in [-0.2, -0.15) is 5.10 Å². The summed E-state index contributed by atoms with van der Waals surface area (Å²) in [5.41, 5.74) is 10.7. The van der Waals surface area contributed by atoms with E-state index in [4.69, 9.17) is 5.73 Å². The lowest BCUT2D eigenvalue weighted by atomic mass is 10.1. The number of aryl methyl sites for hydroxylation is 2. The molecule has 0 fully saturated rings. The average Bonchev–Trinajstić information content (AvgIpc) is 2.57. The maximum absolute atomic E-state index is 5.97. The van der Waals surface area contributed by atoms with Gasteiger partial charge in [0, 0.05) is 24.0 Å². The number of hydrogen-bond donors (Lipinski definition) is 1. The SMILES string of the molecule is CCCn1nc(C)c(-c2ncccc2N)c1C. The molecule has 2 N–H and O–H groups in total. The Bertz CT molecular complexity index is 528. The van der Waals surface area contributed by atoms with Crippen molar-refractivity contribution in [2.45, 2.75) is 33.7 Å². The predicted molar refractivity (Wildman–Crippen MR) is 69.6 cm³/mol. The molecular weight excluding hydrogens is 212 g/mol. The van der Waals surface area contributed by atoms with Crippen molar-refractivity contribution in [2.24, 2.45) is 0 Å². The van der Waals surface area contributed by atoms with Crippen LogP contribution < -0.4 is 5.73 Å². The molecule has 0 spiro atoms. The molecule has 0 saturated carbocycles. The quantitative estimate of drug-likeness (QED) is 0.881. The molecule has 2 aromatic heterocycles. The van der Waals surface area contributed by atoms with Crippen LogP contribution in [0.4, 0.5) is 5.69 Å². The average molecular weight is 230 g/mol. The molecule has 0 radical (unpaired) electrons. The molecule has 0 bridgehead atoms. The molecule has 17 heavy (non-hydrogen) atoms. The summed E-state index contributed by atoms with van der Waals surface area (Å²) in [5, 5.41) is 4.54. The Morgan fingerprint density at radius 3 is 2.76 bits per heavy atom. The van der Waals surface area contributed by atoms with Gasteiger partial charge in [0.2, 0.25) is 0 Å². The first kappa shape index (κ1) is 11.6. The molecule has 0 aliphatic rings. The summed E-state index contributed by atoms with van der Waals surface area (Å²) in [6.07, 6.45) is 2.83. The second-order valence-corrected chi connectivity index (χ2v) is 4.21. The maximum Gasteiger partial charge on any atom is 0.0968 e. The summed E-state index contributed by atoms with van der Waals surface area (Å²) in [6, 6.07) is 3.72. The van der Waals surface area contributed by atoms with Gasteiger partial charge in [0.05, 0.1) is 17.1 Å². The minimum atomic E-state index is 0.703. The number of nitrogen functional groups attached to an aromatic ring is 1. The molecule has 0 atom stereocenters. The zero-order valence-corrected chi connectivity index (χ0v) is 10.6. The van der Waals surface area contributed by atoms with E-state index in [1.165, 1.54) is 0 Å². The monoisotopic (exact) mass is 230 g/mol. The molecule has 0 saturated heterocycles. The highest BCUT2D eigenvalue weighted by molar-refractivity contribution is 5.75. The molecule has 0 amide bonds. The fourth-order valence-electron chi connectivity index (χ4n) is 2.10. The van der Waals surface area contributed by atoms with Crippen LogP contribution in [0, 0.1) is 13.8 Å². The van der Waals surface area contributed by atoms with E-state index in [0.717, 1.165) is 35.6 Å². The van der Waals surface area contributed by atoms with Gasteiger partial charge in [0.15, 0.2) is 0 Å². The summed E-state index contributed by atoms with van der Waals surface area (Å²) in [7, 11) is 0. The fourth-order valence-corrected chi connectivity index (χ4v) is 2.10. The summed E-state index contributed by atoms with van der Waals surface area (Å²) in [5.74, 6) is 0. The van der Waals surface area contributed by atoms with E-state index < -0.39 is 0 Å². The Balaban J connectivity index is 2.56. The van der Waals surface area contributed by atoms with Gasteiger partial charge in [-0.1, -0.05) is 6.92 Å². The van der Waals surface area contributed by atoms with E-state index in [1.54, 1.807) is 6.20 Å². The van der Waals surface area contributed by atoms with E-state index in [1.807, 2.05) is 23.7 Å². The van der Waals surface area contributed by atoms with E-state index in [0.29, 0.717) is 5.69 Å². The molecule has 0 unspecified atom stereocenters. The second kappa shape index (κ2) is 4.57. The first-order chi connectivity index (χ1) is 8.15. The number of aromatic nitrogens is 3. The third-order valence-corrected chi connectivity index (χ3v) is 2.89. The Morgan fingerprint density at radius 2 is 2.12 bits per heavy atom. The lowest BCUT2D eigenvalue weighted by Crippen LogP contribution is -2.01. The molecule has 0 aromatic carbocycles. The van der Waals surface area contributed by atoms with Crippen molar-refractivity contribution < 1.29 is 0 Å². The number of pyridine rings is 1. The first-order valence-electron chi connectivity index (χ1n) is 5.90. The van der Waals surface area contributed by atoms with E-state index in [-0.39, 0.29) is 0 Å². The van der Waals surface area contributed by atoms with Crippen LogP contribution in [0.3, 0.4) is 0 Å². The maximum atomic E-state index is 5.97. The Hall–Kier alpha value is -1.84. The van der Waals surface area contributed by atoms with Crippen molar-refractivity contribution in [1.82, 2.24) is 14.8 Å². The zero-order chi connectivity index (χ0) is 12.4. The highest BCUT2D eigenvalue weighted by Crippen LogP contribution is 2.29. The minimum Gasteiger partial charge on any atom is -0.397 e. The molecule has 0 aliphatic heterocycles. The molecular formula is C13H18N4. The smallest absolute Gasteiger partial charge is 0.0968 e. The van der Waals surface area contributed by atoms with Gasteiger partial charge in [0.1, 0.15) is 0 Å². The lowest BCUT2D eigenvalue weighted by molar-refractivity contribution is 0.583. The van der Waals surface area contributed by atoms with Crippen LogP contribution in [0.25, 0.3) is 11.3 Å². The summed E-state index contributed by atoms with van der Waals surface area (Å²) in [4.78, 5) is 4.37. The van der Waals surface area contributed by atoms with Crippen molar-refractivity contribution in [3.8, 4) is 11.3 Å². The second-order valence-electron chi connectivity index (χ2n) is 4.21. The molecule has 2 rings (SSSR count). The van der Waals surface area contributed by atoms with Gasteiger partial charge in [-0.3, -0.25) is 9.67 Å². The fraction of sp³-hybridized carbons (Fsp3) is 0.385. The van der Waals surface area contributed by atoms with Crippen LogP contribution in [0.15, 0.2) is 18.3 Å². The summed E-state index contributed by atoms with van der Waals surface area (Å²) >= 11 is 0. The molecule has 0 aliphatic carbocycles. The van der Waals surface area contributed by atoms with Gasteiger partial charge in [-0.15, -0.1) is 0 Å². The van der Waals surface area contributed by atoms with Crippen molar-refractivity contribution in [2.75, 3.05) is 5.73 Å². The zero-order valence-electron chi connectivity index (χ0n) is 10.6. The first-order valence-corrected chi connectivity index (χ1v) is 5.90. The summed E-state index contributed by atoms with van der Waals surface area (Å²) < 4.78 is 2.03. The van der Waals surface area contributed by atoms with Gasteiger partial charge in [-0.25, -0.2) is 0 Å². The third kappa shape index (κ3) is 2.02. The number of nitrogens with two attached hydrogens (primary N) is 1. The van der Waals surface area contributed by atoms with Crippen LogP contribution >= 0.6 is 0 Å². The van der Waals surface area contributed by atoms with Crippen LogP contribution in [0.5, 0.6) is 0 Å². The van der Waals surface area contributed by atoms with Gasteiger partial charge in [-0.05, 0) is 32.4 Å². The Labute approximate surface area is 101 Å². The van der Waals surface area contributed by atoms with Crippen molar-refractivity contribution in [3.05, 3.63) is 29.7 Å². The molecule has 2 heterocycles. The Kier molecular flexibility index (Phi) is 3.13. The van der Waals surface area contributed by atoms with E-state index in [2.05, 4.69) is 23.9 Å². The molecule has 4 heteroatoms. The van der Waals surface area contributed by atoms with Gasteiger partial charge < -0.3 is 5.73 Å². The molecule has 4 nitrogen and oxygen atoms in total. The number of rotatable bonds is 3.